The Labute approximate surface area is 130 Å². The third-order valence-electron chi connectivity index (χ3n) is 2.59. The van der Waals surface area contributed by atoms with Gasteiger partial charge in [-0.15, -0.1) is 0 Å². The van der Waals surface area contributed by atoms with Crippen LogP contribution in [0.3, 0.4) is 0 Å². The lowest BCUT2D eigenvalue weighted by Gasteiger charge is -2.07. The van der Waals surface area contributed by atoms with Crippen LogP contribution in [0, 0.1) is 0 Å². The molecule has 5 nitrogen and oxygen atoms in total. The van der Waals surface area contributed by atoms with Crippen molar-refractivity contribution in [1.29, 1.82) is 0 Å². The quantitative estimate of drug-likeness (QED) is 0.841. The molecule has 0 fully saturated rings. The second-order valence-electron chi connectivity index (χ2n) is 3.99. The Bertz CT molecular complexity index is 669. The number of rotatable bonds is 3. The van der Waals surface area contributed by atoms with Crippen molar-refractivity contribution in [1.82, 2.24) is 9.78 Å². The molecule has 1 aromatic heterocycles. The summed E-state index contributed by atoms with van der Waals surface area (Å²) >= 11 is 17.7. The summed E-state index contributed by atoms with van der Waals surface area (Å²) in [6.45, 7) is 2.51. The number of aryl methyl sites for hydroxylation is 1. The lowest BCUT2D eigenvalue weighted by molar-refractivity contribution is 0.102. The van der Waals surface area contributed by atoms with Crippen molar-refractivity contribution in [3.8, 4) is 0 Å². The van der Waals surface area contributed by atoms with Gasteiger partial charge < -0.3 is 11.1 Å². The van der Waals surface area contributed by atoms with Crippen molar-refractivity contribution in [3.63, 3.8) is 0 Å². The van der Waals surface area contributed by atoms with Crippen LogP contribution in [0.25, 0.3) is 0 Å². The number of anilines is 2. The number of nitrogens with one attached hydrogen (secondary N) is 1. The predicted molar refractivity (Wildman–Crippen MR) is 81.7 cm³/mol. The fourth-order valence-electron chi connectivity index (χ4n) is 1.58. The van der Waals surface area contributed by atoms with Crippen LogP contribution < -0.4 is 11.1 Å². The lowest BCUT2D eigenvalue weighted by atomic mass is 10.3. The molecule has 8 heteroatoms. The molecule has 0 aliphatic carbocycles. The highest BCUT2D eigenvalue weighted by molar-refractivity contribution is 6.44. The number of nitrogen functional groups attached to an aromatic ring is 1. The van der Waals surface area contributed by atoms with E-state index in [4.69, 9.17) is 40.5 Å². The standard InChI is InChI=1S/C12H11Cl3N4O/c1-2-19-5-9(16)11(18-19)12(20)17-10-4-7(14)6(13)3-8(10)15/h3-5H,2,16H2,1H3,(H,17,20). The first-order valence-corrected chi connectivity index (χ1v) is 6.84. The number of carbonyl (C=O) groups is 1. The van der Waals surface area contributed by atoms with E-state index < -0.39 is 5.91 Å². The fourth-order valence-corrected chi connectivity index (χ4v) is 2.17. The Balaban J connectivity index is 2.27. The highest BCUT2D eigenvalue weighted by Crippen LogP contribution is 2.32. The van der Waals surface area contributed by atoms with Gasteiger partial charge in [0.15, 0.2) is 5.69 Å². The molecular weight excluding hydrogens is 323 g/mol. The monoisotopic (exact) mass is 332 g/mol. The molecule has 2 aromatic rings. The van der Waals surface area contributed by atoms with Crippen LogP contribution in [0.15, 0.2) is 18.3 Å². The Morgan fingerprint density at radius 3 is 2.55 bits per heavy atom. The van der Waals surface area contributed by atoms with Crippen LogP contribution in [-0.4, -0.2) is 15.7 Å². The van der Waals surface area contributed by atoms with Crippen molar-refractivity contribution in [2.24, 2.45) is 0 Å². The maximum Gasteiger partial charge on any atom is 0.278 e. The van der Waals surface area contributed by atoms with Crippen LogP contribution >= 0.6 is 34.8 Å². The molecule has 3 N–H and O–H groups in total. The Hall–Kier alpha value is -1.43. The van der Waals surface area contributed by atoms with E-state index >= 15 is 0 Å². The molecule has 0 aliphatic heterocycles. The van der Waals surface area contributed by atoms with Gasteiger partial charge >= 0.3 is 0 Å². The van der Waals surface area contributed by atoms with Crippen molar-refractivity contribution >= 4 is 52.1 Å². The zero-order valence-electron chi connectivity index (χ0n) is 10.5. The average Bonchev–Trinajstić information content (AvgIpc) is 2.77. The van der Waals surface area contributed by atoms with E-state index in [-0.39, 0.29) is 10.7 Å². The number of benzene rings is 1. The minimum absolute atomic E-state index is 0.133. The SMILES string of the molecule is CCn1cc(N)c(C(=O)Nc2cc(Cl)c(Cl)cc2Cl)n1. The van der Waals surface area contributed by atoms with E-state index in [1.54, 1.807) is 10.9 Å². The van der Waals surface area contributed by atoms with E-state index in [1.165, 1.54) is 12.1 Å². The van der Waals surface area contributed by atoms with E-state index in [0.717, 1.165) is 0 Å². The summed E-state index contributed by atoms with van der Waals surface area (Å²) < 4.78 is 1.57. The molecule has 0 radical (unpaired) electrons. The molecule has 106 valence electrons. The second kappa shape index (κ2) is 5.91. The molecule has 0 saturated carbocycles. The summed E-state index contributed by atoms with van der Waals surface area (Å²) in [4.78, 5) is 12.1. The number of aromatic nitrogens is 2. The van der Waals surface area contributed by atoms with Crippen LogP contribution in [-0.2, 0) is 6.54 Å². The maximum absolute atomic E-state index is 12.1. The van der Waals surface area contributed by atoms with Gasteiger partial charge in [-0.1, -0.05) is 34.8 Å². The summed E-state index contributed by atoms with van der Waals surface area (Å²) in [6.07, 6.45) is 1.59. The molecule has 1 heterocycles. The molecule has 1 amide bonds. The molecule has 20 heavy (non-hydrogen) atoms. The molecule has 2 rings (SSSR count). The molecule has 0 atom stereocenters. The number of carbonyl (C=O) groups excluding carboxylic acids is 1. The summed E-state index contributed by atoms with van der Waals surface area (Å²) in [5, 5.41) is 7.55. The zero-order valence-corrected chi connectivity index (χ0v) is 12.7. The normalized spacial score (nSPS) is 10.6. The van der Waals surface area contributed by atoms with Crippen molar-refractivity contribution in [3.05, 3.63) is 39.1 Å². The highest BCUT2D eigenvalue weighted by atomic mass is 35.5. The summed E-state index contributed by atoms with van der Waals surface area (Å²) in [6, 6.07) is 2.92. The fraction of sp³-hybridized carbons (Fsp3) is 0.167. The first-order chi connectivity index (χ1) is 9.42. The Kier molecular flexibility index (Phi) is 4.42. The number of halogens is 3. The molecule has 0 bridgehead atoms. The van der Waals surface area contributed by atoms with Crippen molar-refractivity contribution in [2.75, 3.05) is 11.1 Å². The molecule has 0 unspecified atom stereocenters. The Morgan fingerprint density at radius 2 is 1.95 bits per heavy atom. The van der Waals surface area contributed by atoms with Gasteiger partial charge in [-0.2, -0.15) is 5.10 Å². The number of amides is 1. The van der Waals surface area contributed by atoms with Gasteiger partial charge in [0.05, 0.1) is 26.4 Å². The van der Waals surface area contributed by atoms with Crippen LogP contribution in [0.2, 0.25) is 15.1 Å². The number of hydrogen-bond acceptors (Lipinski definition) is 3. The van der Waals surface area contributed by atoms with E-state index in [1.807, 2.05) is 6.92 Å². The third kappa shape index (κ3) is 3.00. The number of nitrogens with zero attached hydrogens (tertiary/aromatic N) is 2. The van der Waals surface area contributed by atoms with E-state index in [2.05, 4.69) is 10.4 Å². The first-order valence-electron chi connectivity index (χ1n) is 5.71. The molecule has 0 spiro atoms. The topological polar surface area (TPSA) is 72.9 Å². The van der Waals surface area contributed by atoms with Gasteiger partial charge in [0, 0.05) is 12.7 Å². The average molecular weight is 334 g/mol. The highest BCUT2D eigenvalue weighted by Gasteiger charge is 2.16. The Morgan fingerprint density at radius 1 is 1.30 bits per heavy atom. The van der Waals surface area contributed by atoms with Gasteiger partial charge in [0.2, 0.25) is 0 Å². The van der Waals surface area contributed by atoms with Gasteiger partial charge in [-0.05, 0) is 19.1 Å². The number of nitrogens with two attached hydrogens (primary N) is 1. The van der Waals surface area contributed by atoms with Gasteiger partial charge in [-0.3, -0.25) is 9.48 Å². The van der Waals surface area contributed by atoms with Gasteiger partial charge in [0.25, 0.3) is 5.91 Å². The molecular formula is C12H11Cl3N4O. The van der Waals surface area contributed by atoms with E-state index in [9.17, 15) is 4.79 Å². The largest absolute Gasteiger partial charge is 0.396 e. The van der Waals surface area contributed by atoms with Crippen LogP contribution in [0.5, 0.6) is 0 Å². The maximum atomic E-state index is 12.1. The summed E-state index contributed by atoms with van der Waals surface area (Å²) in [7, 11) is 0. The predicted octanol–water partition coefficient (Wildman–Crippen LogP) is 3.70. The molecule has 0 aliphatic rings. The van der Waals surface area contributed by atoms with Gasteiger partial charge in [0.1, 0.15) is 0 Å². The summed E-state index contributed by atoms with van der Waals surface area (Å²) in [5.41, 5.74) is 6.51. The van der Waals surface area contributed by atoms with Crippen molar-refractivity contribution < 1.29 is 4.79 Å². The zero-order chi connectivity index (χ0) is 14.9. The molecule has 1 aromatic carbocycles. The molecule has 0 saturated heterocycles. The smallest absolute Gasteiger partial charge is 0.278 e. The van der Waals surface area contributed by atoms with E-state index in [0.29, 0.717) is 28.0 Å². The summed E-state index contributed by atoms with van der Waals surface area (Å²) in [5.74, 6) is -0.463. The minimum atomic E-state index is -0.463. The number of hydrogen-bond donors (Lipinski definition) is 2. The van der Waals surface area contributed by atoms with Gasteiger partial charge in [-0.25, -0.2) is 0 Å². The third-order valence-corrected chi connectivity index (χ3v) is 3.62. The lowest BCUT2D eigenvalue weighted by Crippen LogP contribution is -2.15. The minimum Gasteiger partial charge on any atom is -0.396 e. The second-order valence-corrected chi connectivity index (χ2v) is 5.21. The van der Waals surface area contributed by atoms with Crippen LogP contribution in [0.4, 0.5) is 11.4 Å². The van der Waals surface area contributed by atoms with Crippen molar-refractivity contribution in [2.45, 2.75) is 13.5 Å². The first kappa shape index (κ1) is 15.0. The van der Waals surface area contributed by atoms with Crippen LogP contribution in [0.1, 0.15) is 17.4 Å².